The molecule has 1 saturated heterocycles. The molecule has 7 nitrogen and oxygen atoms in total. The lowest BCUT2D eigenvalue weighted by molar-refractivity contribution is 0.0535. The fraction of sp³-hybridized carbons (Fsp3) is 0.192. The van der Waals surface area contributed by atoms with Crippen molar-refractivity contribution in [3.05, 3.63) is 93.5 Å². The van der Waals surface area contributed by atoms with Crippen molar-refractivity contribution in [2.24, 2.45) is 0 Å². The summed E-state index contributed by atoms with van der Waals surface area (Å²) in [5.74, 6) is 0.533. The Balaban J connectivity index is 1.17. The predicted molar refractivity (Wildman–Crippen MR) is 138 cm³/mol. The number of halogens is 2. The van der Waals surface area contributed by atoms with E-state index in [0.29, 0.717) is 53.9 Å². The van der Waals surface area contributed by atoms with Crippen LogP contribution in [0.3, 0.4) is 0 Å². The molecule has 0 radical (unpaired) electrons. The van der Waals surface area contributed by atoms with Gasteiger partial charge in [0.1, 0.15) is 0 Å². The van der Waals surface area contributed by atoms with Crippen LogP contribution in [-0.4, -0.2) is 58.0 Å². The molecule has 35 heavy (non-hydrogen) atoms. The molecule has 1 aliphatic rings. The Labute approximate surface area is 212 Å². The Hall–Kier alpha value is -3.55. The summed E-state index contributed by atoms with van der Waals surface area (Å²) in [7, 11) is 0. The highest BCUT2D eigenvalue weighted by atomic mass is 35.5. The number of anilines is 1. The second-order valence-electron chi connectivity index (χ2n) is 8.35. The molecular formula is C26H23Cl2N5O2. The molecule has 1 aliphatic heterocycles. The summed E-state index contributed by atoms with van der Waals surface area (Å²) in [5, 5.41) is 12.4. The van der Waals surface area contributed by atoms with E-state index >= 15 is 0 Å². The lowest BCUT2D eigenvalue weighted by Gasteiger charge is -2.35. The molecule has 2 amide bonds. The number of carbonyl (C=O) groups excluding carboxylic acids is 2. The highest BCUT2D eigenvalue weighted by Crippen LogP contribution is 2.26. The first-order valence-corrected chi connectivity index (χ1v) is 12.1. The van der Waals surface area contributed by atoms with Crippen molar-refractivity contribution in [1.29, 1.82) is 0 Å². The fourth-order valence-corrected chi connectivity index (χ4v) is 4.76. The number of amides is 2. The third-order valence-corrected chi connectivity index (χ3v) is 6.79. The lowest BCUT2D eigenvalue weighted by Crippen LogP contribution is -2.50. The maximum Gasteiger partial charge on any atom is 0.257 e. The molecule has 4 aromatic rings. The van der Waals surface area contributed by atoms with Crippen molar-refractivity contribution >= 4 is 51.7 Å². The third-order valence-electron chi connectivity index (χ3n) is 6.16. The first-order valence-electron chi connectivity index (χ1n) is 11.3. The van der Waals surface area contributed by atoms with Gasteiger partial charge in [-0.2, -0.15) is 5.10 Å². The first-order chi connectivity index (χ1) is 17.0. The van der Waals surface area contributed by atoms with Gasteiger partial charge in [-0.15, -0.1) is 0 Å². The fourth-order valence-electron chi connectivity index (χ4n) is 4.20. The summed E-state index contributed by atoms with van der Waals surface area (Å²) in [6.07, 6.45) is 0. The predicted octanol–water partition coefficient (Wildman–Crippen LogP) is 5.08. The van der Waals surface area contributed by atoms with E-state index in [2.05, 4.69) is 15.5 Å². The van der Waals surface area contributed by atoms with Gasteiger partial charge in [0.05, 0.1) is 21.1 Å². The van der Waals surface area contributed by atoms with E-state index in [0.717, 1.165) is 22.3 Å². The molecule has 178 valence electrons. The van der Waals surface area contributed by atoms with Crippen LogP contribution in [-0.2, 0) is 6.54 Å². The van der Waals surface area contributed by atoms with Gasteiger partial charge in [-0.05, 0) is 42.0 Å². The summed E-state index contributed by atoms with van der Waals surface area (Å²) in [6.45, 7) is 2.33. The van der Waals surface area contributed by atoms with Crippen LogP contribution in [0, 0.1) is 0 Å². The monoisotopic (exact) mass is 507 g/mol. The maximum atomic E-state index is 13.0. The number of nitrogens with one attached hydrogen (secondary N) is 2. The molecule has 0 unspecified atom stereocenters. The number of benzene rings is 3. The Kier molecular flexibility index (Phi) is 6.61. The summed E-state index contributed by atoms with van der Waals surface area (Å²) < 4.78 is 0. The van der Waals surface area contributed by atoms with Crippen LogP contribution in [0.2, 0.25) is 10.0 Å². The number of aromatic amines is 1. The van der Waals surface area contributed by atoms with Crippen molar-refractivity contribution in [3.63, 3.8) is 0 Å². The number of nitrogens with zero attached hydrogens (tertiary/aromatic N) is 3. The molecule has 9 heteroatoms. The number of hydrogen-bond acceptors (Lipinski definition) is 4. The SMILES string of the molecule is O=C(c1ccc(CNc2n[nH]c3ccccc23)cc1)N1CCN(C(=O)c2c(Cl)cccc2Cl)CC1. The molecule has 0 aliphatic carbocycles. The van der Waals surface area contributed by atoms with Gasteiger partial charge in [0.2, 0.25) is 0 Å². The van der Waals surface area contributed by atoms with E-state index in [1.165, 1.54) is 0 Å². The molecule has 0 atom stereocenters. The summed E-state index contributed by atoms with van der Waals surface area (Å²) >= 11 is 12.4. The normalized spacial score (nSPS) is 13.8. The van der Waals surface area contributed by atoms with Crippen LogP contribution in [0.5, 0.6) is 0 Å². The summed E-state index contributed by atoms with van der Waals surface area (Å²) in [5.41, 5.74) is 2.95. The van der Waals surface area contributed by atoms with Crippen molar-refractivity contribution in [2.75, 3.05) is 31.5 Å². The smallest absolute Gasteiger partial charge is 0.257 e. The van der Waals surface area contributed by atoms with E-state index in [4.69, 9.17) is 23.2 Å². The molecule has 0 spiro atoms. The van der Waals surface area contributed by atoms with Crippen molar-refractivity contribution in [1.82, 2.24) is 20.0 Å². The minimum atomic E-state index is -0.214. The molecule has 0 saturated carbocycles. The van der Waals surface area contributed by atoms with Gasteiger partial charge in [0.25, 0.3) is 11.8 Å². The Morgan fingerprint density at radius 1 is 0.829 bits per heavy atom. The third kappa shape index (κ3) is 4.83. The van der Waals surface area contributed by atoms with Crippen LogP contribution in [0.15, 0.2) is 66.7 Å². The number of fused-ring (bicyclic) bond motifs is 1. The molecule has 1 fully saturated rings. The molecule has 3 aromatic carbocycles. The minimum absolute atomic E-state index is 0.0503. The van der Waals surface area contributed by atoms with E-state index in [1.54, 1.807) is 28.0 Å². The van der Waals surface area contributed by atoms with E-state index in [-0.39, 0.29) is 11.8 Å². The van der Waals surface area contributed by atoms with Gasteiger partial charge < -0.3 is 15.1 Å². The largest absolute Gasteiger partial charge is 0.364 e. The van der Waals surface area contributed by atoms with Crippen molar-refractivity contribution in [3.8, 4) is 0 Å². The van der Waals surface area contributed by atoms with Crippen LogP contribution >= 0.6 is 23.2 Å². The Bertz CT molecular complexity index is 1360. The van der Waals surface area contributed by atoms with Crippen LogP contribution < -0.4 is 5.32 Å². The topological polar surface area (TPSA) is 81.3 Å². The zero-order valence-corrected chi connectivity index (χ0v) is 20.3. The van der Waals surface area contributed by atoms with Gasteiger partial charge >= 0.3 is 0 Å². The second kappa shape index (κ2) is 9.98. The number of hydrogen-bond donors (Lipinski definition) is 2. The van der Waals surface area contributed by atoms with Gasteiger partial charge in [-0.1, -0.05) is 53.5 Å². The van der Waals surface area contributed by atoms with Crippen LogP contribution in [0.25, 0.3) is 10.9 Å². The minimum Gasteiger partial charge on any atom is -0.364 e. The molecule has 5 rings (SSSR count). The van der Waals surface area contributed by atoms with E-state index < -0.39 is 0 Å². The Morgan fingerprint density at radius 2 is 1.46 bits per heavy atom. The molecule has 2 N–H and O–H groups in total. The average Bonchev–Trinajstić information content (AvgIpc) is 3.30. The highest BCUT2D eigenvalue weighted by Gasteiger charge is 2.27. The Morgan fingerprint density at radius 3 is 2.14 bits per heavy atom. The summed E-state index contributed by atoms with van der Waals surface area (Å²) in [4.78, 5) is 29.3. The van der Waals surface area contributed by atoms with E-state index in [9.17, 15) is 9.59 Å². The van der Waals surface area contributed by atoms with Crippen molar-refractivity contribution < 1.29 is 9.59 Å². The van der Waals surface area contributed by atoms with Gasteiger partial charge in [0.15, 0.2) is 5.82 Å². The summed E-state index contributed by atoms with van der Waals surface area (Å²) in [6, 6.07) is 20.5. The zero-order chi connectivity index (χ0) is 24.4. The number of carbonyl (C=O) groups is 2. The standard InChI is InChI=1S/C26H23Cl2N5O2/c27-20-5-3-6-21(28)23(20)26(35)33-14-12-32(13-15-33)25(34)18-10-8-17(9-11-18)16-29-24-19-4-1-2-7-22(19)30-31-24/h1-11H,12-16H2,(H2,29,30,31). The number of rotatable bonds is 5. The van der Waals surface area contributed by atoms with Gasteiger partial charge in [0, 0.05) is 43.7 Å². The van der Waals surface area contributed by atoms with Gasteiger partial charge in [-0.25, -0.2) is 0 Å². The van der Waals surface area contributed by atoms with Crippen molar-refractivity contribution in [2.45, 2.75) is 6.54 Å². The van der Waals surface area contributed by atoms with Crippen LogP contribution in [0.1, 0.15) is 26.3 Å². The highest BCUT2D eigenvalue weighted by molar-refractivity contribution is 6.39. The second-order valence-corrected chi connectivity index (χ2v) is 9.16. The zero-order valence-electron chi connectivity index (χ0n) is 18.8. The number of aromatic nitrogens is 2. The molecule has 2 heterocycles. The number of H-pyrrole nitrogens is 1. The molecule has 0 bridgehead atoms. The van der Waals surface area contributed by atoms with Crippen LogP contribution in [0.4, 0.5) is 5.82 Å². The lowest BCUT2D eigenvalue weighted by atomic mass is 10.1. The molecule has 1 aromatic heterocycles. The first kappa shape index (κ1) is 23.2. The number of piperazine rings is 1. The maximum absolute atomic E-state index is 13.0. The van der Waals surface area contributed by atoms with E-state index in [1.807, 2.05) is 48.5 Å². The number of para-hydroxylation sites is 1. The molecular weight excluding hydrogens is 485 g/mol. The quantitative estimate of drug-likeness (QED) is 0.394. The van der Waals surface area contributed by atoms with Gasteiger partial charge in [-0.3, -0.25) is 14.7 Å². The average molecular weight is 508 g/mol.